The normalized spacial score (nSPS) is 11.1. The molecule has 0 saturated carbocycles. The van der Waals surface area contributed by atoms with E-state index in [1.807, 2.05) is 0 Å². The number of hydrogen-bond donors (Lipinski definition) is 1. The highest BCUT2D eigenvalue weighted by atomic mass is 19.3. The summed E-state index contributed by atoms with van der Waals surface area (Å²) in [6.07, 6.45) is -0.954. The molecule has 74 valence electrons. The summed E-state index contributed by atoms with van der Waals surface area (Å²) in [6, 6.07) is 1.69. The summed E-state index contributed by atoms with van der Waals surface area (Å²) < 4.78 is 32.9. The molecule has 0 aliphatic carbocycles. The molecule has 1 aromatic rings. The second-order valence-electron chi connectivity index (χ2n) is 2.53. The lowest BCUT2D eigenvalue weighted by Gasteiger charge is -1.99. The fraction of sp³-hybridized carbons (Fsp3) is 0.500. The molecule has 0 bridgehead atoms. The van der Waals surface area contributed by atoms with Gasteiger partial charge in [-0.3, -0.25) is 0 Å². The van der Waals surface area contributed by atoms with Gasteiger partial charge in [0.1, 0.15) is 19.0 Å². The molecule has 5 heteroatoms. The Morgan fingerprint density at radius 2 is 2.31 bits per heavy atom. The summed E-state index contributed by atoms with van der Waals surface area (Å²) in [5.41, 5.74) is 6.15. The van der Waals surface area contributed by atoms with Crippen molar-refractivity contribution in [2.75, 3.05) is 6.61 Å². The van der Waals surface area contributed by atoms with Crippen LogP contribution in [0.25, 0.3) is 0 Å². The van der Waals surface area contributed by atoms with Gasteiger partial charge < -0.3 is 14.9 Å². The molecule has 2 N–H and O–H groups in total. The largest absolute Gasteiger partial charge is 0.467 e. The van der Waals surface area contributed by atoms with Crippen LogP contribution in [0.15, 0.2) is 16.7 Å². The molecule has 13 heavy (non-hydrogen) atoms. The van der Waals surface area contributed by atoms with E-state index < -0.39 is 13.0 Å². The van der Waals surface area contributed by atoms with Gasteiger partial charge in [0, 0.05) is 12.1 Å². The van der Waals surface area contributed by atoms with Crippen LogP contribution < -0.4 is 5.73 Å². The Bertz CT molecular complexity index is 250. The van der Waals surface area contributed by atoms with Crippen LogP contribution in [-0.2, 0) is 17.9 Å². The van der Waals surface area contributed by atoms with E-state index in [0.29, 0.717) is 12.3 Å². The maximum Gasteiger partial charge on any atom is 0.261 e. The Hall–Kier alpha value is -0.940. The Kier molecular flexibility index (Phi) is 3.85. The molecule has 1 heterocycles. The Morgan fingerprint density at radius 1 is 1.54 bits per heavy atom. The van der Waals surface area contributed by atoms with Crippen molar-refractivity contribution in [3.63, 3.8) is 0 Å². The Morgan fingerprint density at radius 3 is 2.85 bits per heavy atom. The van der Waals surface area contributed by atoms with Crippen LogP contribution in [0, 0.1) is 0 Å². The monoisotopic (exact) mass is 191 g/mol. The maximum absolute atomic E-state index is 11.6. The van der Waals surface area contributed by atoms with E-state index in [1.54, 1.807) is 6.07 Å². The molecule has 0 radical (unpaired) electrons. The zero-order chi connectivity index (χ0) is 9.68. The number of halogens is 2. The van der Waals surface area contributed by atoms with Gasteiger partial charge in [0.2, 0.25) is 0 Å². The van der Waals surface area contributed by atoms with Gasteiger partial charge in [0.25, 0.3) is 6.43 Å². The lowest BCUT2D eigenvalue weighted by Crippen LogP contribution is -2.03. The van der Waals surface area contributed by atoms with Crippen LogP contribution in [0.5, 0.6) is 0 Å². The van der Waals surface area contributed by atoms with Gasteiger partial charge in [-0.2, -0.15) is 0 Å². The van der Waals surface area contributed by atoms with Crippen LogP contribution >= 0.6 is 0 Å². The van der Waals surface area contributed by atoms with Gasteiger partial charge in [-0.25, -0.2) is 8.78 Å². The average molecular weight is 191 g/mol. The minimum atomic E-state index is -2.44. The third-order valence-corrected chi connectivity index (χ3v) is 1.43. The lowest BCUT2D eigenvalue weighted by atomic mass is 10.3. The zero-order valence-corrected chi connectivity index (χ0v) is 7.00. The molecule has 0 spiro atoms. The minimum absolute atomic E-state index is 0.0599. The summed E-state index contributed by atoms with van der Waals surface area (Å²) in [5, 5.41) is 0. The molecule has 1 aromatic heterocycles. The molecule has 0 fully saturated rings. The highest BCUT2D eigenvalue weighted by molar-refractivity contribution is 5.11. The van der Waals surface area contributed by atoms with Crippen LogP contribution in [0.3, 0.4) is 0 Å². The van der Waals surface area contributed by atoms with Crippen molar-refractivity contribution in [3.8, 4) is 0 Å². The molecule has 0 aromatic carbocycles. The first kappa shape index (κ1) is 10.1. The predicted octanol–water partition coefficient (Wildman–Crippen LogP) is 1.52. The molecule has 0 saturated heterocycles. The van der Waals surface area contributed by atoms with Gasteiger partial charge in [-0.05, 0) is 6.07 Å². The number of furan rings is 1. The highest BCUT2D eigenvalue weighted by Gasteiger charge is 2.04. The number of rotatable bonds is 5. The van der Waals surface area contributed by atoms with Gasteiger partial charge in [0.05, 0.1) is 6.26 Å². The van der Waals surface area contributed by atoms with Gasteiger partial charge in [-0.1, -0.05) is 0 Å². The fourth-order valence-electron chi connectivity index (χ4n) is 0.858. The van der Waals surface area contributed by atoms with Crippen molar-refractivity contribution in [3.05, 3.63) is 23.7 Å². The van der Waals surface area contributed by atoms with E-state index in [4.69, 9.17) is 10.2 Å². The fourth-order valence-corrected chi connectivity index (χ4v) is 0.858. The molecule has 0 aliphatic heterocycles. The highest BCUT2D eigenvalue weighted by Crippen LogP contribution is 2.08. The molecule has 0 atom stereocenters. The van der Waals surface area contributed by atoms with Crippen molar-refractivity contribution in [1.29, 1.82) is 0 Å². The molecular formula is C8H11F2NO2. The number of hydrogen-bond acceptors (Lipinski definition) is 3. The maximum atomic E-state index is 11.6. The van der Waals surface area contributed by atoms with Crippen LogP contribution in [0.2, 0.25) is 0 Å². The molecule has 1 rings (SSSR count). The van der Waals surface area contributed by atoms with Crippen molar-refractivity contribution >= 4 is 0 Å². The molecule has 0 amide bonds. The second-order valence-corrected chi connectivity index (χ2v) is 2.53. The Labute approximate surface area is 74.5 Å². The van der Waals surface area contributed by atoms with Crippen LogP contribution in [0.4, 0.5) is 8.78 Å². The van der Waals surface area contributed by atoms with Crippen LogP contribution in [0.1, 0.15) is 11.3 Å². The number of alkyl halides is 2. The van der Waals surface area contributed by atoms with Crippen molar-refractivity contribution < 1.29 is 17.9 Å². The second kappa shape index (κ2) is 4.94. The topological polar surface area (TPSA) is 48.4 Å². The van der Waals surface area contributed by atoms with E-state index in [2.05, 4.69) is 4.74 Å². The first-order chi connectivity index (χ1) is 6.22. The molecule has 0 unspecified atom stereocenters. The summed E-state index contributed by atoms with van der Waals surface area (Å²) in [6.45, 7) is -0.138. The Balaban J connectivity index is 2.28. The summed E-state index contributed by atoms with van der Waals surface area (Å²) >= 11 is 0. The smallest absolute Gasteiger partial charge is 0.261 e. The zero-order valence-electron chi connectivity index (χ0n) is 7.00. The van der Waals surface area contributed by atoms with Gasteiger partial charge in [0.15, 0.2) is 0 Å². The van der Waals surface area contributed by atoms with Crippen molar-refractivity contribution in [2.45, 2.75) is 19.6 Å². The van der Waals surface area contributed by atoms with Crippen LogP contribution in [-0.4, -0.2) is 13.0 Å². The van der Waals surface area contributed by atoms with Gasteiger partial charge in [-0.15, -0.1) is 0 Å². The first-order valence-corrected chi connectivity index (χ1v) is 3.84. The van der Waals surface area contributed by atoms with E-state index in [0.717, 1.165) is 5.56 Å². The lowest BCUT2D eigenvalue weighted by molar-refractivity contribution is 0.00453. The molecule has 3 nitrogen and oxygen atoms in total. The summed E-state index contributed by atoms with van der Waals surface area (Å²) in [7, 11) is 0. The summed E-state index contributed by atoms with van der Waals surface area (Å²) in [4.78, 5) is 0. The van der Waals surface area contributed by atoms with Crippen molar-refractivity contribution in [1.82, 2.24) is 0 Å². The van der Waals surface area contributed by atoms with Crippen molar-refractivity contribution in [2.24, 2.45) is 5.73 Å². The molecule has 0 aliphatic rings. The average Bonchev–Trinajstić information content (AvgIpc) is 2.52. The van der Waals surface area contributed by atoms with E-state index >= 15 is 0 Å². The summed E-state index contributed by atoms with van der Waals surface area (Å²) in [5.74, 6) is 0.515. The quantitative estimate of drug-likeness (QED) is 0.767. The SMILES string of the molecule is NCc1coc(COCC(F)F)c1. The van der Waals surface area contributed by atoms with E-state index in [9.17, 15) is 8.78 Å². The van der Waals surface area contributed by atoms with E-state index in [1.165, 1.54) is 6.26 Å². The minimum Gasteiger partial charge on any atom is -0.467 e. The number of nitrogens with two attached hydrogens (primary N) is 1. The predicted molar refractivity (Wildman–Crippen MR) is 42.3 cm³/mol. The number of ether oxygens (including phenoxy) is 1. The third-order valence-electron chi connectivity index (χ3n) is 1.43. The third kappa shape index (κ3) is 3.52. The first-order valence-electron chi connectivity index (χ1n) is 3.84. The van der Waals surface area contributed by atoms with E-state index in [-0.39, 0.29) is 6.61 Å². The molecular weight excluding hydrogens is 180 g/mol. The standard InChI is InChI=1S/C8H11F2NO2/c9-8(10)5-12-4-7-1-6(2-11)3-13-7/h1,3,8H,2,4-5,11H2. The van der Waals surface area contributed by atoms with Gasteiger partial charge >= 0.3 is 0 Å².